The van der Waals surface area contributed by atoms with E-state index in [1.807, 2.05) is 12.1 Å². The molecule has 4 N–H and O–H groups in total. The Morgan fingerprint density at radius 3 is 2.89 bits per heavy atom. The fraction of sp³-hybridized carbons (Fsp3) is 0.273. The number of fused-ring (bicyclic) bond motifs is 1. The van der Waals surface area contributed by atoms with Crippen molar-refractivity contribution >= 4 is 69.6 Å². The number of aliphatic carboxylic acids is 1. The maximum Gasteiger partial charge on any atom is 0.353 e. The van der Waals surface area contributed by atoms with Crippen LogP contribution < -0.4 is 11.1 Å². The van der Waals surface area contributed by atoms with Crippen molar-refractivity contribution in [2.45, 2.75) is 30.4 Å². The second-order valence-corrected chi connectivity index (χ2v) is 11.0. The molecule has 1 aliphatic carbocycles. The molecule has 2 aliphatic heterocycles. The number of thioether (sulfide) groups is 2. The van der Waals surface area contributed by atoms with E-state index < -0.39 is 29.2 Å². The molecule has 1 saturated carbocycles. The van der Waals surface area contributed by atoms with Crippen molar-refractivity contribution in [3.8, 4) is 0 Å². The number of anilines is 1. The van der Waals surface area contributed by atoms with Gasteiger partial charge in [0, 0.05) is 28.4 Å². The average molecular weight is 545 g/mol. The van der Waals surface area contributed by atoms with E-state index in [2.05, 4.69) is 20.4 Å². The minimum absolute atomic E-state index is 0.0371. The molecule has 2 atom stereocenters. The Morgan fingerprint density at radius 2 is 2.22 bits per heavy atom. The van der Waals surface area contributed by atoms with Crippen LogP contribution in [0, 0.1) is 0 Å². The number of carboxylic acids is 1. The molecule has 2 aromatic rings. The number of hydrogen-bond acceptors (Lipinski definition) is 11. The Labute approximate surface area is 217 Å². The van der Waals surface area contributed by atoms with Crippen LogP contribution in [0.2, 0.25) is 0 Å². The largest absolute Gasteiger partial charge is 0.477 e. The van der Waals surface area contributed by atoms with E-state index in [1.165, 1.54) is 28.4 Å². The van der Waals surface area contributed by atoms with Gasteiger partial charge in [0.15, 0.2) is 10.8 Å². The van der Waals surface area contributed by atoms with Gasteiger partial charge in [0.1, 0.15) is 28.9 Å². The quantitative estimate of drug-likeness (QED) is 0.242. The highest BCUT2D eigenvalue weighted by Gasteiger charge is 2.54. The van der Waals surface area contributed by atoms with Crippen LogP contribution in [0.15, 0.2) is 51.1 Å². The monoisotopic (exact) mass is 544 g/mol. The molecule has 0 radical (unpaired) electrons. The Kier molecular flexibility index (Phi) is 6.98. The van der Waals surface area contributed by atoms with Gasteiger partial charge in [-0.15, -0.1) is 23.1 Å². The van der Waals surface area contributed by atoms with Gasteiger partial charge < -0.3 is 21.0 Å². The van der Waals surface area contributed by atoms with Crippen molar-refractivity contribution in [2.24, 2.45) is 5.16 Å². The van der Waals surface area contributed by atoms with Crippen LogP contribution >= 0.6 is 34.9 Å². The van der Waals surface area contributed by atoms with Gasteiger partial charge in [0.2, 0.25) is 0 Å². The molecule has 1 saturated heterocycles. The summed E-state index contributed by atoms with van der Waals surface area (Å²) in [5.41, 5.74) is 6.67. The number of carbonyl (C=O) groups excluding carboxylic acids is 2. The van der Waals surface area contributed by atoms with E-state index in [-0.39, 0.29) is 28.3 Å². The second kappa shape index (κ2) is 10.3. The topological polar surface area (TPSA) is 160 Å². The number of aromatic nitrogens is 2. The summed E-state index contributed by atoms with van der Waals surface area (Å²) < 4.78 is 0. The average Bonchev–Trinajstić information content (AvgIpc) is 3.61. The maximum atomic E-state index is 13.0. The third kappa shape index (κ3) is 5.10. The number of oxime groups is 1. The number of hydrogen-bond donors (Lipinski definition) is 3. The van der Waals surface area contributed by atoms with Crippen LogP contribution in [0.3, 0.4) is 0 Å². The number of nitrogens with zero attached hydrogens (tertiary/aromatic N) is 4. The first kappa shape index (κ1) is 24.3. The number of β-lactam (4-membered cyclic amide) rings is 1. The minimum atomic E-state index is -1.20. The van der Waals surface area contributed by atoms with E-state index >= 15 is 0 Å². The molecule has 0 bridgehead atoms. The van der Waals surface area contributed by atoms with Crippen molar-refractivity contribution in [1.29, 1.82) is 0 Å². The van der Waals surface area contributed by atoms with Crippen molar-refractivity contribution in [3.63, 3.8) is 0 Å². The van der Waals surface area contributed by atoms with E-state index in [1.54, 1.807) is 29.2 Å². The molecule has 0 spiro atoms. The van der Waals surface area contributed by atoms with Gasteiger partial charge in [-0.3, -0.25) is 19.5 Å². The molecule has 14 heteroatoms. The van der Waals surface area contributed by atoms with Crippen LogP contribution in [0.4, 0.5) is 5.13 Å². The summed E-state index contributed by atoms with van der Waals surface area (Å²) in [4.78, 5) is 53.3. The number of amides is 2. The number of nitrogen functional groups attached to an aromatic ring is 1. The predicted octanol–water partition coefficient (Wildman–Crippen LogP) is 2.10. The molecule has 2 aromatic heterocycles. The van der Waals surface area contributed by atoms with E-state index in [0.29, 0.717) is 10.7 Å². The molecule has 2 fully saturated rings. The SMILES string of the molecule is Nc1nc(/C(=N\OC2CC2)C(=O)N[C@@H]2C(=O)N3C(C(=O)O)=C(S/C=C\c4cccnc4)CS[C@H]23)cs1. The number of rotatable bonds is 9. The van der Waals surface area contributed by atoms with Gasteiger partial charge in [0.25, 0.3) is 11.8 Å². The number of carbonyl (C=O) groups is 3. The van der Waals surface area contributed by atoms with E-state index in [0.717, 1.165) is 29.7 Å². The van der Waals surface area contributed by atoms with Crippen LogP contribution in [0.25, 0.3) is 6.08 Å². The number of nitrogens with two attached hydrogens (primary N) is 1. The lowest BCUT2D eigenvalue weighted by Gasteiger charge is -2.49. The van der Waals surface area contributed by atoms with Gasteiger partial charge >= 0.3 is 5.97 Å². The summed E-state index contributed by atoms with van der Waals surface area (Å²) in [7, 11) is 0. The van der Waals surface area contributed by atoms with Crippen molar-refractivity contribution in [2.75, 3.05) is 11.5 Å². The van der Waals surface area contributed by atoms with Crippen LogP contribution in [0.5, 0.6) is 0 Å². The summed E-state index contributed by atoms with van der Waals surface area (Å²) >= 11 is 3.77. The van der Waals surface area contributed by atoms with E-state index in [4.69, 9.17) is 10.6 Å². The van der Waals surface area contributed by atoms with Crippen molar-refractivity contribution in [3.05, 3.63) is 57.2 Å². The van der Waals surface area contributed by atoms with Gasteiger partial charge in [0.05, 0.1) is 0 Å². The fourth-order valence-corrected chi connectivity index (χ4v) is 6.37. The van der Waals surface area contributed by atoms with Crippen molar-refractivity contribution < 1.29 is 24.3 Å². The lowest BCUT2D eigenvalue weighted by molar-refractivity contribution is -0.150. The molecule has 5 rings (SSSR count). The molecular weight excluding hydrogens is 524 g/mol. The maximum absolute atomic E-state index is 13.0. The molecule has 3 aliphatic rings. The first-order chi connectivity index (χ1) is 17.4. The molecule has 36 heavy (non-hydrogen) atoms. The Hall–Kier alpha value is -3.36. The lowest BCUT2D eigenvalue weighted by atomic mass is 10.0. The highest BCUT2D eigenvalue weighted by atomic mass is 32.2. The first-order valence-electron chi connectivity index (χ1n) is 10.8. The number of thiazole rings is 1. The molecule has 0 unspecified atom stereocenters. The fourth-order valence-electron chi connectivity index (χ4n) is 3.46. The summed E-state index contributed by atoms with van der Waals surface area (Å²) in [5.74, 6) is -1.97. The third-order valence-corrected chi connectivity index (χ3v) is 8.41. The summed E-state index contributed by atoms with van der Waals surface area (Å²) in [5, 5.41) is 19.6. The first-order valence-corrected chi connectivity index (χ1v) is 13.6. The zero-order valence-electron chi connectivity index (χ0n) is 18.6. The van der Waals surface area contributed by atoms with Gasteiger partial charge in [-0.25, -0.2) is 9.78 Å². The minimum Gasteiger partial charge on any atom is -0.477 e. The van der Waals surface area contributed by atoms with Gasteiger partial charge in [-0.05, 0) is 36.0 Å². The molecular formula is C22H20N6O5S3. The summed E-state index contributed by atoms with van der Waals surface area (Å²) in [6.45, 7) is 0. The summed E-state index contributed by atoms with van der Waals surface area (Å²) in [6.07, 6.45) is 6.85. The molecule has 4 heterocycles. The zero-order valence-corrected chi connectivity index (χ0v) is 21.0. The van der Waals surface area contributed by atoms with Crippen LogP contribution in [-0.4, -0.2) is 66.7 Å². The summed E-state index contributed by atoms with van der Waals surface area (Å²) in [6, 6.07) is 2.77. The molecule has 2 amide bonds. The number of carboxylic acid groups (broad SMARTS) is 1. The Balaban J connectivity index is 1.30. The third-order valence-electron chi connectivity index (χ3n) is 5.37. The lowest BCUT2D eigenvalue weighted by Crippen LogP contribution is -2.71. The highest BCUT2D eigenvalue weighted by Crippen LogP contribution is 2.43. The Morgan fingerprint density at radius 1 is 1.39 bits per heavy atom. The molecule has 0 aromatic carbocycles. The highest BCUT2D eigenvalue weighted by molar-refractivity contribution is 8.08. The van der Waals surface area contributed by atoms with Crippen LogP contribution in [0.1, 0.15) is 24.1 Å². The standard InChI is InChI=1S/C22H20N6O5S3/c23-22-25-13(9-36-22)15(27-33-12-3-4-12)18(29)26-16-19(30)28-17(21(31)32)14(10-35-20(16)28)34-7-5-11-2-1-6-24-8-11/h1-2,5-9,12,16,20H,3-4,10H2,(H2,23,25)(H,26,29)(H,31,32)/b7-5-,27-15+/t16-,20-/m1/s1. The Bertz CT molecular complexity index is 1290. The van der Waals surface area contributed by atoms with Crippen LogP contribution in [-0.2, 0) is 19.2 Å². The number of pyridine rings is 1. The zero-order chi connectivity index (χ0) is 25.2. The predicted molar refractivity (Wildman–Crippen MR) is 138 cm³/mol. The van der Waals surface area contributed by atoms with Gasteiger partial charge in [-0.2, -0.15) is 0 Å². The van der Waals surface area contributed by atoms with E-state index in [9.17, 15) is 19.5 Å². The molecule has 11 nitrogen and oxygen atoms in total. The van der Waals surface area contributed by atoms with Crippen molar-refractivity contribution in [1.82, 2.24) is 20.2 Å². The smallest absolute Gasteiger partial charge is 0.353 e. The normalized spacial score (nSPS) is 21.8. The molecule has 186 valence electrons. The van der Waals surface area contributed by atoms with Gasteiger partial charge in [-0.1, -0.05) is 23.0 Å². The number of nitrogens with one attached hydrogen (secondary N) is 1. The second-order valence-electron chi connectivity index (χ2n) is 7.96.